The van der Waals surface area contributed by atoms with Crippen LogP contribution in [0, 0.1) is 17.2 Å². The van der Waals surface area contributed by atoms with Gasteiger partial charge in [0, 0.05) is 0 Å². The molecule has 0 saturated heterocycles. The molecule has 1 unspecified atom stereocenters. The first-order valence-electron chi connectivity index (χ1n) is 8.21. The topological polar surface area (TPSA) is 38.1 Å². The highest BCUT2D eigenvalue weighted by Crippen LogP contribution is 2.54. The second kappa shape index (κ2) is 5.03. The zero-order chi connectivity index (χ0) is 16.2. The second-order valence-corrected chi connectivity index (χ2v) is 7.09. The van der Waals surface area contributed by atoms with Crippen molar-refractivity contribution in [3.05, 3.63) is 53.1 Å². The number of aliphatic hydroxyl groups is 1. The van der Waals surface area contributed by atoms with Gasteiger partial charge in [-0.1, -0.05) is 12.5 Å². The van der Waals surface area contributed by atoms with Gasteiger partial charge in [0.25, 0.3) is 0 Å². The van der Waals surface area contributed by atoms with Crippen LogP contribution in [0.25, 0.3) is 11.8 Å². The molecule has 1 N–H and O–H groups in total. The predicted molar refractivity (Wildman–Crippen MR) is 87.7 cm³/mol. The number of aromatic nitrogens is 2. The van der Waals surface area contributed by atoms with Crippen LogP contribution in [0.3, 0.4) is 0 Å². The van der Waals surface area contributed by atoms with Crippen LogP contribution in [0.5, 0.6) is 0 Å². The number of rotatable bonds is 2. The van der Waals surface area contributed by atoms with E-state index in [1.54, 1.807) is 12.1 Å². The summed E-state index contributed by atoms with van der Waals surface area (Å²) in [7, 11) is 0. The number of hydrogen-bond acceptors (Lipinski definition) is 2. The van der Waals surface area contributed by atoms with E-state index in [9.17, 15) is 9.50 Å². The van der Waals surface area contributed by atoms with Gasteiger partial charge in [-0.25, -0.2) is 9.07 Å². The molecule has 0 bridgehead atoms. The maximum Gasteiger partial charge on any atom is 0.123 e. The molecule has 1 fully saturated rings. The summed E-state index contributed by atoms with van der Waals surface area (Å²) in [6.45, 7) is 4.16. The first-order valence-corrected chi connectivity index (χ1v) is 8.21. The number of benzene rings is 1. The van der Waals surface area contributed by atoms with Crippen molar-refractivity contribution >= 4 is 6.08 Å². The lowest BCUT2D eigenvalue weighted by Crippen LogP contribution is -2.34. The Hall–Kier alpha value is -1.94. The number of allylic oxidation sites excluding steroid dienone is 1. The number of nitrogens with zero attached hydrogens (tertiary/aromatic N) is 2. The first-order chi connectivity index (χ1) is 11.0. The van der Waals surface area contributed by atoms with Crippen molar-refractivity contribution in [3.63, 3.8) is 0 Å². The molecule has 3 atom stereocenters. The van der Waals surface area contributed by atoms with E-state index >= 15 is 0 Å². The monoisotopic (exact) mass is 312 g/mol. The molecule has 2 aromatic rings. The second-order valence-electron chi connectivity index (χ2n) is 7.09. The summed E-state index contributed by atoms with van der Waals surface area (Å²) in [5, 5.41) is 14.6. The molecule has 1 heterocycles. The number of aliphatic hydroxyl groups excluding tert-OH is 1. The zero-order valence-electron chi connectivity index (χ0n) is 13.5. The molecule has 4 heteroatoms. The maximum absolute atomic E-state index is 13.1. The molecule has 0 amide bonds. The molecule has 23 heavy (non-hydrogen) atoms. The van der Waals surface area contributed by atoms with Gasteiger partial charge in [-0.05, 0) is 73.4 Å². The molecular weight excluding hydrogens is 291 g/mol. The van der Waals surface area contributed by atoms with Crippen molar-refractivity contribution in [2.75, 3.05) is 0 Å². The standard InChI is InChI=1S/C19H21FN2O/c1-12(23)17-8-3-14-9-18-13(10-19(14,17)2)11-21-22(18)16-6-4-15(20)5-7-16/h4-7,9,11-12,17,23H,3,8,10H2,1-2H3/t12?,17-,19+/m1/s1. The van der Waals surface area contributed by atoms with E-state index < -0.39 is 0 Å². The lowest BCUT2D eigenvalue weighted by molar-refractivity contribution is 0.0708. The number of hydrogen-bond donors (Lipinski definition) is 1. The summed E-state index contributed by atoms with van der Waals surface area (Å²) in [6, 6.07) is 6.43. The molecule has 0 radical (unpaired) electrons. The third kappa shape index (κ3) is 2.16. The SMILES string of the molecule is CC(O)[C@H]1CCC2=Cc3c(cnn3-c3ccc(F)cc3)C[C@@]21C. The van der Waals surface area contributed by atoms with Gasteiger partial charge in [0.05, 0.1) is 23.7 Å². The van der Waals surface area contributed by atoms with Crippen LogP contribution in [0.2, 0.25) is 0 Å². The van der Waals surface area contributed by atoms with Gasteiger partial charge in [0.1, 0.15) is 5.82 Å². The third-order valence-electron chi connectivity index (χ3n) is 5.68. The van der Waals surface area contributed by atoms with Gasteiger partial charge in [0.2, 0.25) is 0 Å². The van der Waals surface area contributed by atoms with Crippen LogP contribution in [-0.2, 0) is 6.42 Å². The fraction of sp³-hybridized carbons (Fsp3) is 0.421. The van der Waals surface area contributed by atoms with Crippen molar-refractivity contribution < 1.29 is 9.50 Å². The van der Waals surface area contributed by atoms with Crippen LogP contribution < -0.4 is 0 Å². The maximum atomic E-state index is 13.1. The van der Waals surface area contributed by atoms with Crippen molar-refractivity contribution in [1.29, 1.82) is 0 Å². The van der Waals surface area contributed by atoms with Crippen molar-refractivity contribution in [3.8, 4) is 5.69 Å². The number of halogens is 1. The Labute approximate surface area is 135 Å². The van der Waals surface area contributed by atoms with Gasteiger partial charge in [-0.15, -0.1) is 0 Å². The van der Waals surface area contributed by atoms with E-state index in [1.807, 2.05) is 17.8 Å². The third-order valence-corrected chi connectivity index (χ3v) is 5.68. The Bertz CT molecular complexity index is 775. The minimum atomic E-state index is -0.292. The van der Waals surface area contributed by atoms with E-state index in [-0.39, 0.29) is 17.3 Å². The molecule has 0 aliphatic heterocycles. The largest absolute Gasteiger partial charge is 0.393 e. The van der Waals surface area contributed by atoms with Gasteiger partial charge in [-0.3, -0.25) is 0 Å². The van der Waals surface area contributed by atoms with Crippen LogP contribution in [0.4, 0.5) is 4.39 Å². The van der Waals surface area contributed by atoms with Gasteiger partial charge < -0.3 is 5.11 Å². The van der Waals surface area contributed by atoms with Gasteiger partial charge in [0.15, 0.2) is 0 Å². The lowest BCUT2D eigenvalue weighted by atomic mass is 9.68. The van der Waals surface area contributed by atoms with Crippen molar-refractivity contribution in [2.24, 2.45) is 11.3 Å². The zero-order valence-corrected chi connectivity index (χ0v) is 13.5. The average molecular weight is 312 g/mol. The van der Waals surface area contributed by atoms with Crippen molar-refractivity contribution in [2.45, 2.75) is 39.2 Å². The van der Waals surface area contributed by atoms with E-state index in [0.29, 0.717) is 5.92 Å². The highest BCUT2D eigenvalue weighted by Gasteiger charge is 2.47. The molecule has 1 saturated carbocycles. The first kappa shape index (κ1) is 14.6. The molecular formula is C19H21FN2O. The highest BCUT2D eigenvalue weighted by molar-refractivity contribution is 5.61. The average Bonchev–Trinajstić information content (AvgIpc) is 3.05. The smallest absolute Gasteiger partial charge is 0.123 e. The van der Waals surface area contributed by atoms with Crippen LogP contribution >= 0.6 is 0 Å². The lowest BCUT2D eigenvalue weighted by Gasteiger charge is -2.37. The molecule has 3 nitrogen and oxygen atoms in total. The summed E-state index contributed by atoms with van der Waals surface area (Å²) in [5.41, 5.74) is 4.60. The Morgan fingerprint density at radius 3 is 2.78 bits per heavy atom. The normalized spacial score (nSPS) is 27.3. The van der Waals surface area contributed by atoms with Crippen LogP contribution in [0.1, 0.15) is 37.9 Å². The summed E-state index contributed by atoms with van der Waals surface area (Å²) in [5.74, 6) is 0.0624. The molecule has 2 aliphatic carbocycles. The Morgan fingerprint density at radius 1 is 1.35 bits per heavy atom. The van der Waals surface area contributed by atoms with Crippen molar-refractivity contribution in [1.82, 2.24) is 9.78 Å². The Kier molecular flexibility index (Phi) is 3.20. The Balaban J connectivity index is 1.77. The fourth-order valence-corrected chi connectivity index (χ4v) is 4.44. The minimum absolute atomic E-state index is 0.0256. The highest BCUT2D eigenvalue weighted by atomic mass is 19.1. The summed E-state index contributed by atoms with van der Waals surface area (Å²) in [6.07, 6.45) is 6.82. The molecule has 1 aromatic carbocycles. The summed E-state index contributed by atoms with van der Waals surface area (Å²) < 4.78 is 15.0. The van der Waals surface area contributed by atoms with Crippen LogP contribution in [0.15, 0.2) is 36.0 Å². The quantitative estimate of drug-likeness (QED) is 0.917. The fourth-order valence-electron chi connectivity index (χ4n) is 4.44. The predicted octanol–water partition coefficient (Wildman–Crippen LogP) is 3.75. The van der Waals surface area contributed by atoms with Crippen LogP contribution in [-0.4, -0.2) is 21.0 Å². The van der Waals surface area contributed by atoms with E-state index in [1.165, 1.54) is 23.3 Å². The summed E-state index contributed by atoms with van der Waals surface area (Å²) in [4.78, 5) is 0. The van der Waals surface area contributed by atoms with E-state index in [0.717, 1.165) is 30.6 Å². The minimum Gasteiger partial charge on any atom is -0.393 e. The number of fused-ring (bicyclic) bond motifs is 2. The van der Waals surface area contributed by atoms with Gasteiger partial charge in [-0.2, -0.15) is 5.10 Å². The molecule has 0 spiro atoms. The van der Waals surface area contributed by atoms with E-state index in [2.05, 4.69) is 18.1 Å². The van der Waals surface area contributed by atoms with Gasteiger partial charge >= 0.3 is 0 Å². The van der Waals surface area contributed by atoms with E-state index in [4.69, 9.17) is 0 Å². The molecule has 1 aromatic heterocycles. The molecule has 2 aliphatic rings. The molecule has 120 valence electrons. The summed E-state index contributed by atoms with van der Waals surface area (Å²) >= 11 is 0. The molecule has 4 rings (SSSR count). The Morgan fingerprint density at radius 2 is 2.09 bits per heavy atom.